The lowest BCUT2D eigenvalue weighted by Gasteiger charge is -2.34. The van der Waals surface area contributed by atoms with E-state index < -0.39 is 0 Å². The number of ether oxygens (including phenoxy) is 1. The molecule has 2 aromatic rings. The first-order valence-electron chi connectivity index (χ1n) is 9.78. The van der Waals surface area contributed by atoms with Gasteiger partial charge in [-0.15, -0.1) is 0 Å². The number of carbonyl (C=O) groups excluding carboxylic acids is 2. The van der Waals surface area contributed by atoms with Crippen molar-refractivity contribution < 1.29 is 14.3 Å². The molecule has 0 bridgehead atoms. The van der Waals surface area contributed by atoms with Gasteiger partial charge >= 0.3 is 0 Å². The van der Waals surface area contributed by atoms with Gasteiger partial charge < -0.3 is 14.5 Å². The molecule has 0 atom stereocenters. The number of nitrogens with zero attached hydrogens (tertiary/aromatic N) is 3. The van der Waals surface area contributed by atoms with Crippen LogP contribution in [0.2, 0.25) is 0 Å². The molecule has 1 saturated heterocycles. The fourth-order valence-corrected chi connectivity index (χ4v) is 3.86. The zero-order chi connectivity index (χ0) is 20.5. The van der Waals surface area contributed by atoms with Crippen LogP contribution in [0.15, 0.2) is 54.2 Å². The van der Waals surface area contributed by atoms with Gasteiger partial charge in [-0.25, -0.2) is 4.90 Å². The van der Waals surface area contributed by atoms with Crippen LogP contribution in [-0.4, -0.2) is 62.0 Å². The van der Waals surface area contributed by atoms with Gasteiger partial charge in [-0.1, -0.05) is 35.9 Å². The van der Waals surface area contributed by atoms with Crippen molar-refractivity contribution in [1.29, 1.82) is 0 Å². The monoisotopic (exact) mass is 391 g/mol. The number of hydrogen-bond donors (Lipinski definition) is 0. The quantitative estimate of drug-likeness (QED) is 0.750. The summed E-state index contributed by atoms with van der Waals surface area (Å²) >= 11 is 0. The lowest BCUT2D eigenvalue weighted by molar-refractivity contribution is -0.120. The van der Waals surface area contributed by atoms with Gasteiger partial charge in [-0.3, -0.25) is 9.59 Å². The van der Waals surface area contributed by atoms with Crippen molar-refractivity contribution in [3.8, 4) is 5.75 Å². The van der Waals surface area contributed by atoms with E-state index in [2.05, 4.69) is 11.9 Å². The second-order valence-electron chi connectivity index (χ2n) is 7.50. The van der Waals surface area contributed by atoms with Gasteiger partial charge in [0, 0.05) is 31.7 Å². The lowest BCUT2D eigenvalue weighted by atomic mass is 10.0. The highest BCUT2D eigenvalue weighted by Crippen LogP contribution is 2.38. The number of para-hydroxylation sites is 1. The Morgan fingerprint density at radius 1 is 0.862 bits per heavy atom. The highest BCUT2D eigenvalue weighted by Gasteiger charge is 2.43. The second-order valence-corrected chi connectivity index (χ2v) is 7.50. The predicted octanol–water partition coefficient (Wildman–Crippen LogP) is 2.54. The van der Waals surface area contributed by atoms with Gasteiger partial charge in [0.2, 0.25) is 0 Å². The average Bonchev–Trinajstić information content (AvgIpc) is 2.99. The van der Waals surface area contributed by atoms with E-state index in [1.807, 2.05) is 60.4 Å². The van der Waals surface area contributed by atoms with E-state index in [0.29, 0.717) is 41.4 Å². The molecule has 29 heavy (non-hydrogen) atoms. The summed E-state index contributed by atoms with van der Waals surface area (Å²) in [5.74, 6) is 0.00243. The maximum Gasteiger partial charge on any atom is 0.282 e. The molecule has 0 spiro atoms. The topological polar surface area (TPSA) is 53.1 Å². The Hall–Kier alpha value is -3.12. The van der Waals surface area contributed by atoms with Gasteiger partial charge in [-0.05, 0) is 32.2 Å². The Morgan fingerprint density at radius 3 is 2.17 bits per heavy atom. The van der Waals surface area contributed by atoms with Crippen molar-refractivity contribution in [2.75, 3.05) is 45.2 Å². The third kappa shape index (κ3) is 3.40. The minimum atomic E-state index is -0.308. The van der Waals surface area contributed by atoms with Crippen molar-refractivity contribution in [3.63, 3.8) is 0 Å². The Kier molecular flexibility index (Phi) is 5.11. The summed E-state index contributed by atoms with van der Waals surface area (Å²) in [6.07, 6.45) is 0. The summed E-state index contributed by atoms with van der Waals surface area (Å²) in [7, 11) is 3.64. The summed E-state index contributed by atoms with van der Waals surface area (Å²) in [4.78, 5) is 32.6. The SMILES string of the molecule is COc1ccccc1C1=C(N2CCN(C)CC2)C(=O)N(c2ccc(C)cc2)C1=O. The van der Waals surface area contributed by atoms with E-state index in [1.54, 1.807) is 7.11 Å². The molecule has 0 saturated carbocycles. The van der Waals surface area contributed by atoms with Crippen LogP contribution in [0.25, 0.3) is 5.57 Å². The molecular formula is C23H25N3O3. The molecule has 2 aromatic carbocycles. The number of aryl methyl sites for hydroxylation is 1. The van der Waals surface area contributed by atoms with Crippen LogP contribution in [0.4, 0.5) is 5.69 Å². The molecule has 0 unspecified atom stereocenters. The molecule has 2 aliphatic heterocycles. The van der Waals surface area contributed by atoms with E-state index in [4.69, 9.17) is 4.74 Å². The first kappa shape index (κ1) is 19.2. The molecular weight excluding hydrogens is 366 g/mol. The Bertz CT molecular complexity index is 973. The number of imide groups is 1. The average molecular weight is 391 g/mol. The third-order valence-electron chi connectivity index (χ3n) is 5.55. The van der Waals surface area contributed by atoms with E-state index in [0.717, 1.165) is 18.7 Å². The van der Waals surface area contributed by atoms with E-state index in [1.165, 1.54) is 4.90 Å². The van der Waals surface area contributed by atoms with Crippen LogP contribution in [0.1, 0.15) is 11.1 Å². The van der Waals surface area contributed by atoms with Crippen LogP contribution in [0.5, 0.6) is 5.75 Å². The fraction of sp³-hybridized carbons (Fsp3) is 0.304. The van der Waals surface area contributed by atoms with Gasteiger partial charge in [0.25, 0.3) is 11.8 Å². The largest absolute Gasteiger partial charge is 0.496 e. The Morgan fingerprint density at radius 2 is 1.52 bits per heavy atom. The highest BCUT2D eigenvalue weighted by molar-refractivity contribution is 6.45. The number of carbonyl (C=O) groups is 2. The van der Waals surface area contributed by atoms with Crippen LogP contribution in [-0.2, 0) is 9.59 Å². The van der Waals surface area contributed by atoms with E-state index in [-0.39, 0.29) is 11.8 Å². The van der Waals surface area contributed by atoms with Crippen LogP contribution < -0.4 is 9.64 Å². The number of amides is 2. The van der Waals surface area contributed by atoms with Crippen molar-refractivity contribution in [2.45, 2.75) is 6.92 Å². The number of rotatable bonds is 4. The van der Waals surface area contributed by atoms with Crippen LogP contribution in [0, 0.1) is 6.92 Å². The molecule has 0 aliphatic carbocycles. The minimum absolute atomic E-state index is 0.274. The molecule has 150 valence electrons. The van der Waals surface area contributed by atoms with E-state index in [9.17, 15) is 9.59 Å². The third-order valence-corrected chi connectivity index (χ3v) is 5.55. The van der Waals surface area contributed by atoms with Gasteiger partial charge in [-0.2, -0.15) is 0 Å². The zero-order valence-electron chi connectivity index (χ0n) is 17.0. The number of anilines is 1. The summed E-state index contributed by atoms with van der Waals surface area (Å²) < 4.78 is 5.51. The molecule has 2 heterocycles. The van der Waals surface area contributed by atoms with Crippen molar-refractivity contribution in [3.05, 3.63) is 65.4 Å². The normalized spacial score (nSPS) is 18.0. The highest BCUT2D eigenvalue weighted by atomic mass is 16.5. The first-order chi connectivity index (χ1) is 14.0. The molecule has 6 nitrogen and oxygen atoms in total. The molecule has 1 fully saturated rings. The van der Waals surface area contributed by atoms with Crippen LogP contribution >= 0.6 is 0 Å². The smallest absolute Gasteiger partial charge is 0.282 e. The number of hydrogen-bond acceptors (Lipinski definition) is 5. The maximum absolute atomic E-state index is 13.5. The summed E-state index contributed by atoms with van der Waals surface area (Å²) in [6.45, 7) is 5.06. The van der Waals surface area contributed by atoms with Crippen molar-refractivity contribution in [1.82, 2.24) is 9.80 Å². The molecule has 2 aliphatic rings. The molecule has 0 N–H and O–H groups in total. The summed E-state index contributed by atoms with van der Waals surface area (Å²) in [5.41, 5.74) is 3.19. The molecule has 6 heteroatoms. The maximum atomic E-state index is 13.5. The predicted molar refractivity (Wildman–Crippen MR) is 113 cm³/mol. The Balaban J connectivity index is 1.84. The van der Waals surface area contributed by atoms with Gasteiger partial charge in [0.1, 0.15) is 11.4 Å². The molecule has 0 aromatic heterocycles. The number of methoxy groups -OCH3 is 1. The van der Waals surface area contributed by atoms with E-state index >= 15 is 0 Å². The molecule has 0 radical (unpaired) electrons. The number of piperazine rings is 1. The van der Waals surface area contributed by atoms with Gasteiger partial charge in [0.15, 0.2) is 0 Å². The minimum Gasteiger partial charge on any atom is -0.496 e. The first-order valence-corrected chi connectivity index (χ1v) is 9.78. The number of benzene rings is 2. The molecule has 2 amide bonds. The lowest BCUT2D eigenvalue weighted by Crippen LogP contribution is -2.46. The Labute approximate surface area is 171 Å². The standard InChI is InChI=1S/C23H25N3O3/c1-16-8-10-17(11-9-16)26-22(27)20(18-6-4-5-7-19(18)29-3)21(23(26)28)25-14-12-24(2)13-15-25/h4-11H,12-15H2,1-3H3. The summed E-state index contributed by atoms with van der Waals surface area (Å²) in [5, 5.41) is 0. The number of likely N-dealkylation sites (N-methyl/N-ethyl adjacent to an activating group) is 1. The van der Waals surface area contributed by atoms with Gasteiger partial charge in [0.05, 0.1) is 18.4 Å². The zero-order valence-corrected chi connectivity index (χ0v) is 17.0. The van der Waals surface area contributed by atoms with Crippen LogP contribution in [0.3, 0.4) is 0 Å². The second kappa shape index (κ2) is 7.72. The fourth-order valence-electron chi connectivity index (χ4n) is 3.86. The van der Waals surface area contributed by atoms with Crippen molar-refractivity contribution in [2.24, 2.45) is 0 Å². The molecule has 4 rings (SSSR count). The summed E-state index contributed by atoms with van der Waals surface area (Å²) in [6, 6.07) is 14.8. The van der Waals surface area contributed by atoms with Crippen molar-refractivity contribution >= 4 is 23.1 Å².